The summed E-state index contributed by atoms with van der Waals surface area (Å²) >= 11 is 5.85. The first-order valence-corrected chi connectivity index (χ1v) is 7.17. The average molecular weight is 293 g/mol. The fraction of sp³-hybridized carbons (Fsp3) is 0.333. The van der Waals surface area contributed by atoms with Crippen molar-refractivity contribution in [1.29, 1.82) is 0 Å². The van der Waals surface area contributed by atoms with Crippen LogP contribution < -0.4 is 10.6 Å². The average Bonchev–Trinajstić information content (AvgIpc) is 2.47. The molecule has 20 heavy (non-hydrogen) atoms. The van der Waals surface area contributed by atoms with Gasteiger partial charge in [-0.2, -0.15) is 4.98 Å². The molecule has 0 saturated carbocycles. The molecular formula is C15H21ClN4. The van der Waals surface area contributed by atoms with Gasteiger partial charge >= 0.3 is 0 Å². The summed E-state index contributed by atoms with van der Waals surface area (Å²) in [5.41, 5.74) is 1.94. The van der Waals surface area contributed by atoms with Gasteiger partial charge in [-0.05, 0) is 38.1 Å². The lowest BCUT2D eigenvalue weighted by molar-refractivity contribution is 1.07. The Bertz CT molecular complexity index is 526. The Balaban J connectivity index is 0.000000956. The Kier molecular flexibility index (Phi) is 6.81. The Morgan fingerprint density at radius 3 is 2.40 bits per heavy atom. The van der Waals surface area contributed by atoms with E-state index in [0.717, 1.165) is 23.6 Å². The third-order valence-corrected chi connectivity index (χ3v) is 2.67. The van der Waals surface area contributed by atoms with Gasteiger partial charge in [0, 0.05) is 29.0 Å². The van der Waals surface area contributed by atoms with Crippen LogP contribution in [0.5, 0.6) is 0 Å². The Morgan fingerprint density at radius 2 is 1.80 bits per heavy atom. The highest BCUT2D eigenvalue weighted by Crippen LogP contribution is 2.20. The van der Waals surface area contributed by atoms with Crippen LogP contribution in [-0.2, 0) is 0 Å². The number of rotatable bonds is 4. The first-order valence-electron chi connectivity index (χ1n) is 6.79. The summed E-state index contributed by atoms with van der Waals surface area (Å²) < 4.78 is 0. The quantitative estimate of drug-likeness (QED) is 0.862. The van der Waals surface area contributed by atoms with Gasteiger partial charge in [-0.3, -0.25) is 0 Å². The van der Waals surface area contributed by atoms with E-state index in [9.17, 15) is 0 Å². The fourth-order valence-corrected chi connectivity index (χ4v) is 1.61. The Hall–Kier alpha value is -1.81. The van der Waals surface area contributed by atoms with Crippen molar-refractivity contribution in [2.24, 2.45) is 0 Å². The number of nitrogens with zero attached hydrogens (tertiary/aromatic N) is 2. The van der Waals surface area contributed by atoms with Crippen LogP contribution in [0.2, 0.25) is 5.02 Å². The highest BCUT2D eigenvalue weighted by Gasteiger charge is 2.03. The fourth-order valence-electron chi connectivity index (χ4n) is 1.48. The van der Waals surface area contributed by atoms with E-state index in [1.165, 1.54) is 0 Å². The largest absolute Gasteiger partial charge is 0.354 e. The molecular weight excluding hydrogens is 272 g/mol. The maximum Gasteiger partial charge on any atom is 0.224 e. The SMILES string of the molecule is CC.CCNc1ncc(C)c(Nc2ccc(Cl)cc2)n1. The molecule has 0 bridgehead atoms. The maximum atomic E-state index is 5.85. The van der Waals surface area contributed by atoms with Crippen LogP contribution in [-0.4, -0.2) is 16.5 Å². The van der Waals surface area contributed by atoms with E-state index in [1.807, 2.05) is 52.0 Å². The van der Waals surface area contributed by atoms with Crippen LogP contribution in [0.25, 0.3) is 0 Å². The number of hydrogen-bond acceptors (Lipinski definition) is 4. The molecule has 108 valence electrons. The van der Waals surface area contributed by atoms with Gasteiger partial charge in [-0.25, -0.2) is 4.98 Å². The van der Waals surface area contributed by atoms with E-state index >= 15 is 0 Å². The molecule has 1 heterocycles. The zero-order chi connectivity index (χ0) is 15.0. The summed E-state index contributed by atoms with van der Waals surface area (Å²) in [6.45, 7) is 8.77. The normalized spacial score (nSPS) is 9.45. The lowest BCUT2D eigenvalue weighted by atomic mass is 10.3. The predicted molar refractivity (Wildman–Crippen MR) is 87.0 cm³/mol. The van der Waals surface area contributed by atoms with Gasteiger partial charge in [0.2, 0.25) is 5.95 Å². The molecule has 5 heteroatoms. The zero-order valence-electron chi connectivity index (χ0n) is 12.4. The molecule has 2 aromatic rings. The second-order valence-corrected chi connectivity index (χ2v) is 4.32. The van der Waals surface area contributed by atoms with E-state index in [2.05, 4.69) is 20.6 Å². The molecule has 0 fully saturated rings. The molecule has 1 aromatic heterocycles. The number of benzene rings is 1. The lowest BCUT2D eigenvalue weighted by Crippen LogP contribution is -2.05. The molecule has 0 spiro atoms. The third kappa shape index (κ3) is 4.70. The van der Waals surface area contributed by atoms with Crippen molar-refractivity contribution in [1.82, 2.24) is 9.97 Å². The van der Waals surface area contributed by atoms with Crippen molar-refractivity contribution >= 4 is 29.1 Å². The van der Waals surface area contributed by atoms with E-state index in [0.29, 0.717) is 11.0 Å². The second kappa shape index (κ2) is 8.38. The first-order chi connectivity index (χ1) is 9.69. The molecule has 1 aromatic carbocycles. The zero-order valence-corrected chi connectivity index (χ0v) is 13.1. The monoisotopic (exact) mass is 292 g/mol. The molecule has 0 radical (unpaired) electrons. The third-order valence-electron chi connectivity index (χ3n) is 2.41. The highest BCUT2D eigenvalue weighted by molar-refractivity contribution is 6.30. The van der Waals surface area contributed by atoms with Crippen molar-refractivity contribution in [3.63, 3.8) is 0 Å². The second-order valence-electron chi connectivity index (χ2n) is 3.89. The molecule has 0 aliphatic heterocycles. The standard InChI is InChI=1S/C13H15ClN4.C2H6/c1-3-15-13-16-8-9(2)12(18-13)17-11-6-4-10(14)5-7-11;1-2/h4-8H,3H2,1-2H3,(H2,15,16,17,18);1-2H3. The summed E-state index contributed by atoms with van der Waals surface area (Å²) in [5.74, 6) is 1.42. The van der Waals surface area contributed by atoms with E-state index in [-0.39, 0.29) is 0 Å². The van der Waals surface area contributed by atoms with Crippen LogP contribution in [0, 0.1) is 6.92 Å². The van der Waals surface area contributed by atoms with E-state index in [4.69, 9.17) is 11.6 Å². The van der Waals surface area contributed by atoms with Crippen molar-refractivity contribution in [2.75, 3.05) is 17.2 Å². The number of halogens is 1. The smallest absolute Gasteiger partial charge is 0.224 e. The molecule has 0 unspecified atom stereocenters. The molecule has 2 N–H and O–H groups in total. The van der Waals surface area contributed by atoms with Crippen LogP contribution in [0.3, 0.4) is 0 Å². The molecule has 4 nitrogen and oxygen atoms in total. The van der Waals surface area contributed by atoms with Gasteiger partial charge in [0.25, 0.3) is 0 Å². The number of anilines is 3. The van der Waals surface area contributed by atoms with E-state index < -0.39 is 0 Å². The summed E-state index contributed by atoms with van der Waals surface area (Å²) in [6, 6.07) is 7.50. The van der Waals surface area contributed by atoms with Gasteiger partial charge < -0.3 is 10.6 Å². The molecule has 0 saturated heterocycles. The summed E-state index contributed by atoms with van der Waals surface area (Å²) in [6.07, 6.45) is 1.79. The maximum absolute atomic E-state index is 5.85. The predicted octanol–water partition coefficient (Wildman–Crippen LogP) is 4.64. The van der Waals surface area contributed by atoms with Gasteiger partial charge in [0.1, 0.15) is 5.82 Å². The van der Waals surface area contributed by atoms with Crippen molar-refractivity contribution in [3.05, 3.63) is 41.0 Å². The molecule has 0 aliphatic carbocycles. The molecule has 0 amide bonds. The van der Waals surface area contributed by atoms with Gasteiger partial charge in [-0.1, -0.05) is 25.4 Å². The summed E-state index contributed by atoms with van der Waals surface area (Å²) in [4.78, 5) is 8.61. The number of aryl methyl sites for hydroxylation is 1. The number of hydrogen-bond donors (Lipinski definition) is 2. The van der Waals surface area contributed by atoms with Crippen LogP contribution >= 0.6 is 11.6 Å². The van der Waals surface area contributed by atoms with Crippen molar-refractivity contribution < 1.29 is 0 Å². The van der Waals surface area contributed by atoms with Crippen LogP contribution in [0.15, 0.2) is 30.5 Å². The number of aromatic nitrogens is 2. The molecule has 2 rings (SSSR count). The number of nitrogens with one attached hydrogen (secondary N) is 2. The summed E-state index contributed by atoms with van der Waals surface area (Å²) in [7, 11) is 0. The van der Waals surface area contributed by atoms with Gasteiger partial charge in [-0.15, -0.1) is 0 Å². The van der Waals surface area contributed by atoms with Crippen molar-refractivity contribution in [2.45, 2.75) is 27.7 Å². The minimum absolute atomic E-state index is 0.625. The minimum atomic E-state index is 0.625. The molecule has 0 atom stereocenters. The first kappa shape index (κ1) is 16.2. The van der Waals surface area contributed by atoms with E-state index in [1.54, 1.807) is 6.20 Å². The highest BCUT2D eigenvalue weighted by atomic mass is 35.5. The van der Waals surface area contributed by atoms with Crippen molar-refractivity contribution in [3.8, 4) is 0 Å². The lowest BCUT2D eigenvalue weighted by Gasteiger charge is -2.10. The van der Waals surface area contributed by atoms with Gasteiger partial charge in [0.05, 0.1) is 0 Å². The Morgan fingerprint density at radius 1 is 1.15 bits per heavy atom. The topological polar surface area (TPSA) is 49.8 Å². The molecule has 0 aliphatic rings. The minimum Gasteiger partial charge on any atom is -0.354 e. The van der Waals surface area contributed by atoms with Gasteiger partial charge in [0.15, 0.2) is 0 Å². The Labute approximate surface area is 125 Å². The summed E-state index contributed by atoms with van der Waals surface area (Å²) in [5, 5.41) is 7.05. The van der Waals surface area contributed by atoms with Crippen LogP contribution in [0.1, 0.15) is 26.3 Å². The van der Waals surface area contributed by atoms with Crippen LogP contribution in [0.4, 0.5) is 17.5 Å².